The molecule has 0 aliphatic heterocycles. The molecule has 1 aromatic heterocycles. The number of hydrogen-bond acceptors (Lipinski definition) is 4. The van der Waals surface area contributed by atoms with E-state index in [-0.39, 0.29) is 10.9 Å². The first kappa shape index (κ1) is 20.6. The third kappa shape index (κ3) is 4.31. The van der Waals surface area contributed by atoms with Gasteiger partial charge in [0.05, 0.1) is 17.5 Å². The average molecular weight is 464 g/mol. The number of aryl methyl sites for hydroxylation is 2. The molecule has 0 saturated heterocycles. The van der Waals surface area contributed by atoms with Gasteiger partial charge in [-0.05, 0) is 62.1 Å². The van der Waals surface area contributed by atoms with Gasteiger partial charge in [-0.25, -0.2) is 12.4 Å². The van der Waals surface area contributed by atoms with E-state index in [1.54, 1.807) is 30.5 Å². The molecular weight excluding hydrogens is 442 g/mol. The molecule has 0 spiro atoms. The SMILES string of the molecule is COC(=O)CCCCc1cn(S(=O)(=O)c2ccc(C)cc2)c2ccc(Br)cc12. The van der Waals surface area contributed by atoms with Crippen molar-refractivity contribution < 1.29 is 17.9 Å². The van der Waals surface area contributed by atoms with Crippen molar-refractivity contribution >= 4 is 42.8 Å². The largest absolute Gasteiger partial charge is 0.469 e. The lowest BCUT2D eigenvalue weighted by molar-refractivity contribution is -0.140. The second-order valence-corrected chi connectivity index (χ2v) is 9.44. The molecule has 2 aromatic carbocycles. The second kappa shape index (κ2) is 8.49. The highest BCUT2D eigenvalue weighted by atomic mass is 79.9. The van der Waals surface area contributed by atoms with Crippen molar-refractivity contribution in [1.82, 2.24) is 3.97 Å². The Morgan fingerprint density at radius 1 is 1.11 bits per heavy atom. The molecular formula is C21H22BrNO4S. The summed E-state index contributed by atoms with van der Waals surface area (Å²) < 4.78 is 33.3. The molecule has 0 bridgehead atoms. The number of carbonyl (C=O) groups excluding carboxylic acids is 1. The van der Waals surface area contributed by atoms with Crippen LogP contribution in [0, 0.1) is 6.92 Å². The number of aromatic nitrogens is 1. The number of carbonyl (C=O) groups is 1. The molecule has 28 heavy (non-hydrogen) atoms. The third-order valence-electron chi connectivity index (χ3n) is 4.70. The van der Waals surface area contributed by atoms with Gasteiger partial charge in [0.1, 0.15) is 0 Å². The fourth-order valence-corrected chi connectivity index (χ4v) is 4.90. The van der Waals surface area contributed by atoms with Crippen molar-refractivity contribution in [2.24, 2.45) is 0 Å². The Hall–Kier alpha value is -2.12. The number of benzene rings is 2. The van der Waals surface area contributed by atoms with Crippen LogP contribution in [0.1, 0.15) is 30.4 Å². The van der Waals surface area contributed by atoms with Crippen molar-refractivity contribution in [1.29, 1.82) is 0 Å². The van der Waals surface area contributed by atoms with E-state index in [1.807, 2.05) is 25.1 Å². The minimum absolute atomic E-state index is 0.230. The zero-order chi connectivity index (χ0) is 20.3. The Morgan fingerprint density at radius 3 is 2.50 bits per heavy atom. The summed E-state index contributed by atoms with van der Waals surface area (Å²) >= 11 is 3.47. The van der Waals surface area contributed by atoms with Crippen molar-refractivity contribution in [3.05, 3.63) is 64.3 Å². The van der Waals surface area contributed by atoms with Gasteiger partial charge < -0.3 is 4.74 Å². The molecule has 5 nitrogen and oxygen atoms in total. The summed E-state index contributed by atoms with van der Waals surface area (Å²) in [5, 5.41) is 0.892. The first-order valence-electron chi connectivity index (χ1n) is 9.01. The highest BCUT2D eigenvalue weighted by Crippen LogP contribution is 2.29. The molecule has 0 unspecified atom stereocenters. The zero-order valence-electron chi connectivity index (χ0n) is 15.8. The van der Waals surface area contributed by atoms with Crippen LogP contribution in [0.4, 0.5) is 0 Å². The van der Waals surface area contributed by atoms with E-state index < -0.39 is 10.0 Å². The highest BCUT2D eigenvalue weighted by Gasteiger charge is 2.21. The smallest absolute Gasteiger partial charge is 0.305 e. The lowest BCUT2D eigenvalue weighted by Gasteiger charge is -2.08. The molecule has 7 heteroatoms. The standard InChI is InChI=1S/C21H22BrNO4S/c1-15-7-10-18(11-8-15)28(25,26)23-14-16(5-3-4-6-21(24)27-2)19-13-17(22)9-12-20(19)23/h7-14H,3-6H2,1-2H3. The second-order valence-electron chi connectivity index (χ2n) is 6.71. The van der Waals surface area contributed by atoms with Gasteiger partial charge in [0, 0.05) is 22.5 Å². The lowest BCUT2D eigenvalue weighted by Crippen LogP contribution is -2.11. The first-order valence-corrected chi connectivity index (χ1v) is 11.2. The Kier molecular flexibility index (Phi) is 6.25. The van der Waals surface area contributed by atoms with Crippen LogP contribution in [0.15, 0.2) is 58.0 Å². The van der Waals surface area contributed by atoms with Crippen molar-refractivity contribution in [2.75, 3.05) is 7.11 Å². The number of esters is 1. The molecule has 0 radical (unpaired) electrons. The number of nitrogens with zero attached hydrogens (tertiary/aromatic N) is 1. The van der Waals surface area contributed by atoms with E-state index in [1.165, 1.54) is 11.1 Å². The lowest BCUT2D eigenvalue weighted by atomic mass is 10.1. The summed E-state index contributed by atoms with van der Waals surface area (Å²) in [6, 6.07) is 12.4. The summed E-state index contributed by atoms with van der Waals surface area (Å²) in [6.45, 7) is 1.92. The Bertz CT molecular complexity index is 1100. The van der Waals surface area contributed by atoms with Crippen LogP contribution in [0.25, 0.3) is 10.9 Å². The quantitative estimate of drug-likeness (QED) is 0.371. The molecule has 0 aliphatic rings. The molecule has 1 heterocycles. The van der Waals surface area contributed by atoms with Crippen LogP contribution >= 0.6 is 15.9 Å². The van der Waals surface area contributed by atoms with E-state index in [0.717, 1.165) is 27.4 Å². The summed E-state index contributed by atoms with van der Waals surface area (Å²) in [5.41, 5.74) is 2.59. The van der Waals surface area contributed by atoms with Gasteiger partial charge in [0.2, 0.25) is 0 Å². The molecule has 0 atom stereocenters. The fourth-order valence-electron chi connectivity index (χ4n) is 3.15. The number of unbranched alkanes of at least 4 members (excludes halogenated alkanes) is 1. The predicted octanol–water partition coefficient (Wildman–Crippen LogP) is 4.84. The number of rotatable bonds is 7. The summed E-state index contributed by atoms with van der Waals surface area (Å²) in [6.07, 6.45) is 4.20. The van der Waals surface area contributed by atoms with E-state index in [2.05, 4.69) is 20.7 Å². The molecule has 3 rings (SSSR count). The van der Waals surface area contributed by atoms with Crippen LogP contribution < -0.4 is 0 Å². The summed E-state index contributed by atoms with van der Waals surface area (Å²) in [5.74, 6) is -0.230. The monoisotopic (exact) mass is 463 g/mol. The highest BCUT2D eigenvalue weighted by molar-refractivity contribution is 9.10. The van der Waals surface area contributed by atoms with Gasteiger partial charge in [0.15, 0.2) is 0 Å². The Balaban J connectivity index is 1.97. The molecule has 0 saturated carbocycles. The molecule has 3 aromatic rings. The summed E-state index contributed by atoms with van der Waals surface area (Å²) in [4.78, 5) is 11.5. The maximum Gasteiger partial charge on any atom is 0.305 e. The Morgan fingerprint density at radius 2 is 1.82 bits per heavy atom. The van der Waals surface area contributed by atoms with Crippen molar-refractivity contribution in [2.45, 2.75) is 37.5 Å². The molecule has 0 amide bonds. The van der Waals surface area contributed by atoms with Crippen LogP contribution in [0.5, 0.6) is 0 Å². The number of fused-ring (bicyclic) bond motifs is 1. The fraction of sp³-hybridized carbons (Fsp3) is 0.286. The van der Waals surface area contributed by atoms with Gasteiger partial charge in [-0.3, -0.25) is 4.79 Å². The van der Waals surface area contributed by atoms with Crippen LogP contribution in [-0.2, 0) is 26.0 Å². The third-order valence-corrected chi connectivity index (χ3v) is 6.88. The molecule has 0 fully saturated rings. The Labute approximate surface area is 173 Å². The first-order chi connectivity index (χ1) is 13.3. The number of ether oxygens (including phenoxy) is 1. The minimum atomic E-state index is -3.70. The van der Waals surface area contributed by atoms with Crippen molar-refractivity contribution in [3.63, 3.8) is 0 Å². The van der Waals surface area contributed by atoms with Crippen LogP contribution in [-0.4, -0.2) is 25.5 Å². The van der Waals surface area contributed by atoms with E-state index >= 15 is 0 Å². The minimum Gasteiger partial charge on any atom is -0.469 e. The van der Waals surface area contributed by atoms with Crippen LogP contribution in [0.3, 0.4) is 0 Å². The van der Waals surface area contributed by atoms with Gasteiger partial charge in [-0.1, -0.05) is 33.6 Å². The molecule has 148 valence electrons. The maximum atomic E-state index is 13.2. The molecule has 0 N–H and O–H groups in total. The number of methoxy groups -OCH3 is 1. The van der Waals surface area contributed by atoms with Crippen LogP contribution in [0.2, 0.25) is 0 Å². The van der Waals surface area contributed by atoms with E-state index in [9.17, 15) is 13.2 Å². The predicted molar refractivity (Wildman–Crippen MR) is 113 cm³/mol. The zero-order valence-corrected chi connectivity index (χ0v) is 18.2. The summed E-state index contributed by atoms with van der Waals surface area (Å²) in [7, 11) is -2.32. The topological polar surface area (TPSA) is 65.4 Å². The van der Waals surface area contributed by atoms with Gasteiger partial charge in [-0.15, -0.1) is 0 Å². The number of halogens is 1. The average Bonchev–Trinajstić information content (AvgIpc) is 3.04. The maximum absolute atomic E-state index is 13.2. The normalized spacial score (nSPS) is 11.7. The van der Waals surface area contributed by atoms with Crippen molar-refractivity contribution in [3.8, 4) is 0 Å². The van der Waals surface area contributed by atoms with Gasteiger partial charge >= 0.3 is 5.97 Å². The van der Waals surface area contributed by atoms with E-state index in [4.69, 9.17) is 0 Å². The van der Waals surface area contributed by atoms with Gasteiger partial charge in [-0.2, -0.15) is 0 Å². The van der Waals surface area contributed by atoms with E-state index in [0.29, 0.717) is 24.8 Å². The number of hydrogen-bond donors (Lipinski definition) is 0. The van der Waals surface area contributed by atoms with Gasteiger partial charge in [0.25, 0.3) is 10.0 Å². The molecule has 0 aliphatic carbocycles.